The van der Waals surface area contributed by atoms with Gasteiger partial charge in [-0.1, -0.05) is 27.7 Å². The third kappa shape index (κ3) is 6.19. The van der Waals surface area contributed by atoms with Crippen LogP contribution in [0.5, 0.6) is 0 Å². The Bertz CT molecular complexity index is 235. The Morgan fingerprint density at radius 3 is 2.32 bits per heavy atom. The van der Waals surface area contributed by atoms with Crippen LogP contribution in [0.1, 0.15) is 40.5 Å². The van der Waals surface area contributed by atoms with E-state index in [-0.39, 0.29) is 12.5 Å². The number of aliphatic hydroxyl groups is 2. The van der Waals surface area contributed by atoms with Crippen molar-refractivity contribution >= 4 is 0 Å². The number of nitrogens with one attached hydrogen (secondary N) is 1. The maximum absolute atomic E-state index is 10.2. The van der Waals surface area contributed by atoms with Crippen LogP contribution in [0.2, 0.25) is 0 Å². The van der Waals surface area contributed by atoms with Crippen LogP contribution in [0.3, 0.4) is 0 Å². The van der Waals surface area contributed by atoms with Crippen molar-refractivity contribution in [2.45, 2.75) is 59.0 Å². The summed E-state index contributed by atoms with van der Waals surface area (Å²) in [6.07, 6.45) is 0.224. The summed E-state index contributed by atoms with van der Waals surface area (Å²) in [4.78, 5) is 0. The molecule has 0 radical (unpaired) electrons. The number of nitrogens with two attached hydrogens (primary N) is 1. The first-order valence-corrected chi connectivity index (χ1v) is 7.11. The molecule has 0 saturated carbocycles. The molecule has 0 rings (SSSR count). The molecule has 0 fully saturated rings. The van der Waals surface area contributed by atoms with Gasteiger partial charge in [-0.25, -0.2) is 0 Å². The zero-order valence-electron chi connectivity index (χ0n) is 13.0. The molecule has 0 aliphatic heterocycles. The summed E-state index contributed by atoms with van der Waals surface area (Å²) >= 11 is 0. The number of rotatable bonds is 10. The van der Waals surface area contributed by atoms with E-state index in [4.69, 9.17) is 10.5 Å². The Hall–Kier alpha value is -0.200. The Morgan fingerprint density at radius 1 is 1.32 bits per heavy atom. The molecule has 3 atom stereocenters. The van der Waals surface area contributed by atoms with Gasteiger partial charge in [0.1, 0.15) is 6.23 Å². The van der Waals surface area contributed by atoms with E-state index in [0.717, 1.165) is 19.4 Å². The van der Waals surface area contributed by atoms with Crippen molar-refractivity contribution in [1.29, 1.82) is 0 Å². The summed E-state index contributed by atoms with van der Waals surface area (Å²) in [5, 5.41) is 22.8. The predicted molar refractivity (Wildman–Crippen MR) is 77.7 cm³/mol. The molecule has 0 bridgehead atoms. The molecule has 0 heterocycles. The van der Waals surface area contributed by atoms with Gasteiger partial charge in [-0.05, 0) is 32.4 Å². The quantitative estimate of drug-likeness (QED) is 0.348. The molecule has 0 aliphatic carbocycles. The largest absolute Gasteiger partial charge is 0.394 e. The minimum atomic E-state index is -0.547. The lowest BCUT2D eigenvalue weighted by atomic mass is 9.76. The lowest BCUT2D eigenvalue weighted by Crippen LogP contribution is -2.49. The second kappa shape index (κ2) is 8.87. The molecule has 0 spiro atoms. The first-order chi connectivity index (χ1) is 8.77. The molecule has 3 unspecified atom stereocenters. The SMILES string of the molecule is CNCCCC(N)OC(CO)C(C)(C)C(O)C(C)C. The van der Waals surface area contributed by atoms with Crippen molar-refractivity contribution in [3.05, 3.63) is 0 Å². The molecule has 0 amide bonds. The van der Waals surface area contributed by atoms with Crippen LogP contribution in [0.4, 0.5) is 0 Å². The lowest BCUT2D eigenvalue weighted by molar-refractivity contribution is -0.141. The first-order valence-electron chi connectivity index (χ1n) is 7.11. The molecular weight excluding hydrogens is 244 g/mol. The van der Waals surface area contributed by atoms with E-state index in [1.807, 2.05) is 34.7 Å². The summed E-state index contributed by atoms with van der Waals surface area (Å²) in [6, 6.07) is 0. The number of hydrogen-bond acceptors (Lipinski definition) is 5. The zero-order valence-corrected chi connectivity index (χ0v) is 13.0. The van der Waals surface area contributed by atoms with E-state index >= 15 is 0 Å². The zero-order chi connectivity index (χ0) is 15.1. The molecule has 0 aliphatic rings. The minimum Gasteiger partial charge on any atom is -0.394 e. The van der Waals surface area contributed by atoms with Crippen LogP contribution in [0.15, 0.2) is 0 Å². The average molecular weight is 276 g/mol. The van der Waals surface area contributed by atoms with Crippen LogP contribution >= 0.6 is 0 Å². The topological polar surface area (TPSA) is 87.7 Å². The van der Waals surface area contributed by atoms with Crippen LogP contribution in [-0.2, 0) is 4.74 Å². The summed E-state index contributed by atoms with van der Waals surface area (Å²) < 4.78 is 5.72. The van der Waals surface area contributed by atoms with Gasteiger partial charge in [-0.3, -0.25) is 0 Å². The second-order valence-corrected chi connectivity index (χ2v) is 6.10. The predicted octanol–water partition coefficient (Wildman–Crippen LogP) is 0.691. The van der Waals surface area contributed by atoms with Gasteiger partial charge in [0.25, 0.3) is 0 Å². The van der Waals surface area contributed by atoms with Crippen molar-refractivity contribution in [2.75, 3.05) is 20.2 Å². The highest BCUT2D eigenvalue weighted by Crippen LogP contribution is 2.32. The number of aliphatic hydroxyl groups excluding tert-OH is 2. The maximum Gasteiger partial charge on any atom is 0.106 e. The molecular formula is C14H32N2O3. The average Bonchev–Trinajstić information content (AvgIpc) is 2.34. The van der Waals surface area contributed by atoms with Crippen molar-refractivity contribution in [1.82, 2.24) is 5.32 Å². The van der Waals surface area contributed by atoms with E-state index in [0.29, 0.717) is 0 Å². The van der Waals surface area contributed by atoms with Gasteiger partial charge in [0, 0.05) is 5.41 Å². The van der Waals surface area contributed by atoms with Gasteiger partial charge in [-0.15, -0.1) is 0 Å². The van der Waals surface area contributed by atoms with Gasteiger partial charge in [-0.2, -0.15) is 0 Å². The fourth-order valence-electron chi connectivity index (χ4n) is 2.26. The Labute approximate surface area is 117 Å². The fourth-order valence-corrected chi connectivity index (χ4v) is 2.26. The van der Waals surface area contributed by atoms with Crippen molar-refractivity contribution < 1.29 is 14.9 Å². The first kappa shape index (κ1) is 18.8. The molecule has 0 aromatic heterocycles. The highest BCUT2D eigenvalue weighted by atomic mass is 16.5. The Morgan fingerprint density at radius 2 is 1.89 bits per heavy atom. The van der Waals surface area contributed by atoms with E-state index in [9.17, 15) is 10.2 Å². The summed E-state index contributed by atoms with van der Waals surface area (Å²) in [5.41, 5.74) is 5.38. The fraction of sp³-hybridized carbons (Fsp3) is 1.00. The molecule has 19 heavy (non-hydrogen) atoms. The molecule has 0 saturated heterocycles. The lowest BCUT2D eigenvalue weighted by Gasteiger charge is -2.40. The van der Waals surface area contributed by atoms with Gasteiger partial charge in [0.15, 0.2) is 0 Å². The second-order valence-electron chi connectivity index (χ2n) is 6.10. The minimum absolute atomic E-state index is 0.105. The number of hydrogen-bond donors (Lipinski definition) is 4. The molecule has 5 nitrogen and oxygen atoms in total. The van der Waals surface area contributed by atoms with Crippen LogP contribution < -0.4 is 11.1 Å². The van der Waals surface area contributed by atoms with Gasteiger partial charge < -0.3 is 26.0 Å². The normalized spacial score (nSPS) is 17.5. The molecule has 5 N–H and O–H groups in total. The third-order valence-corrected chi connectivity index (χ3v) is 3.64. The third-order valence-electron chi connectivity index (χ3n) is 3.64. The summed E-state index contributed by atoms with van der Waals surface area (Å²) in [5.74, 6) is 0.105. The maximum atomic E-state index is 10.2. The number of ether oxygens (including phenoxy) is 1. The molecule has 0 aromatic rings. The summed E-state index contributed by atoms with van der Waals surface area (Å²) in [6.45, 7) is 8.45. The van der Waals surface area contributed by atoms with Crippen LogP contribution in [0, 0.1) is 11.3 Å². The van der Waals surface area contributed by atoms with Crippen LogP contribution in [0.25, 0.3) is 0 Å². The van der Waals surface area contributed by atoms with Crippen LogP contribution in [-0.4, -0.2) is 48.8 Å². The van der Waals surface area contributed by atoms with Crippen molar-refractivity contribution in [3.8, 4) is 0 Å². The smallest absolute Gasteiger partial charge is 0.106 e. The van der Waals surface area contributed by atoms with E-state index < -0.39 is 23.9 Å². The van der Waals surface area contributed by atoms with Gasteiger partial charge in [0.2, 0.25) is 0 Å². The van der Waals surface area contributed by atoms with E-state index in [2.05, 4.69) is 5.32 Å². The highest BCUT2D eigenvalue weighted by molar-refractivity contribution is 4.87. The molecule has 116 valence electrons. The van der Waals surface area contributed by atoms with E-state index in [1.165, 1.54) is 0 Å². The van der Waals surface area contributed by atoms with Gasteiger partial charge >= 0.3 is 0 Å². The Kier molecular flexibility index (Phi) is 8.78. The van der Waals surface area contributed by atoms with E-state index in [1.54, 1.807) is 0 Å². The standard InChI is InChI=1S/C14H32N2O3/c1-10(2)13(18)14(3,4)11(9-17)19-12(15)7-6-8-16-5/h10-13,16-18H,6-9,15H2,1-5H3. The Balaban J connectivity index is 4.47. The highest BCUT2D eigenvalue weighted by Gasteiger charge is 2.39. The van der Waals surface area contributed by atoms with Crippen molar-refractivity contribution in [2.24, 2.45) is 17.1 Å². The monoisotopic (exact) mass is 276 g/mol. The molecule has 0 aromatic carbocycles. The van der Waals surface area contributed by atoms with Gasteiger partial charge in [0.05, 0.1) is 18.8 Å². The summed E-state index contributed by atoms with van der Waals surface area (Å²) in [7, 11) is 1.89. The molecule has 5 heteroatoms. The van der Waals surface area contributed by atoms with Crippen molar-refractivity contribution in [3.63, 3.8) is 0 Å².